The molecular weight excluding hydrogens is 76.1 g/mol. The quantitative estimate of drug-likeness (QED) is 0.327. The highest BCUT2D eigenvalue weighted by atomic mass is 14.6. The Hall–Kier alpha value is -1.06. The molecular formula is C4H6N2. The third-order valence-electron chi connectivity index (χ3n) is 0.204. The fourth-order valence-corrected chi connectivity index (χ4v) is 0. The minimum atomic E-state index is 1.76. The summed E-state index contributed by atoms with van der Waals surface area (Å²) in [6.45, 7) is 5.18. The molecule has 0 N–H and O–H groups in total. The summed E-state index contributed by atoms with van der Waals surface area (Å²) in [5.74, 6) is 0. The van der Waals surface area contributed by atoms with Crippen LogP contribution in [0.5, 0.6) is 0 Å². The van der Waals surface area contributed by atoms with Gasteiger partial charge in [-0.3, -0.25) is 0 Å². The molecule has 0 unspecified atom stereocenters. The van der Waals surface area contributed by atoms with Crippen molar-refractivity contribution in [2.45, 2.75) is 6.92 Å². The minimum Gasteiger partial charge on any atom is -0.133 e. The summed E-state index contributed by atoms with van der Waals surface area (Å²) in [7, 11) is 0. The number of nitrogens with zero attached hydrogens (tertiary/aromatic N) is 2. The largest absolute Gasteiger partial charge is 0.133 e. The van der Waals surface area contributed by atoms with Crippen LogP contribution in [-0.2, 0) is 0 Å². The standard InChI is InChI=1S/C4H6.N2/c1-3-4-2;1-2/h4H,1H2,2H3;. The summed E-state index contributed by atoms with van der Waals surface area (Å²) in [6.07, 6.45) is 1.76. The molecule has 0 aromatic carbocycles. The average molecular weight is 82.1 g/mol. The number of hydrogen-bond donors (Lipinski definition) is 0. The van der Waals surface area contributed by atoms with E-state index in [1.54, 1.807) is 6.08 Å². The van der Waals surface area contributed by atoms with E-state index in [1.165, 1.54) is 0 Å². The second-order valence-electron chi connectivity index (χ2n) is 0.493. The zero-order chi connectivity index (χ0) is 5.41. The van der Waals surface area contributed by atoms with E-state index in [4.69, 9.17) is 10.8 Å². The van der Waals surface area contributed by atoms with Gasteiger partial charge in [0.1, 0.15) is 0 Å². The Bertz CT molecular complexity index is 66.9. The van der Waals surface area contributed by atoms with Crippen molar-refractivity contribution in [1.29, 1.82) is 10.8 Å². The number of hydrogen-bond acceptors (Lipinski definition) is 2. The van der Waals surface area contributed by atoms with Gasteiger partial charge >= 0.3 is 0 Å². The van der Waals surface area contributed by atoms with Crippen LogP contribution in [0, 0.1) is 10.8 Å². The van der Waals surface area contributed by atoms with Gasteiger partial charge in [0.15, 0.2) is 0 Å². The molecule has 0 aliphatic rings. The molecule has 0 aliphatic heterocycles. The first kappa shape index (κ1) is 8.87. The van der Waals surface area contributed by atoms with Crippen LogP contribution in [0.25, 0.3) is 0 Å². The van der Waals surface area contributed by atoms with Crippen molar-refractivity contribution in [3.8, 4) is 0 Å². The van der Waals surface area contributed by atoms with E-state index in [0.717, 1.165) is 0 Å². The van der Waals surface area contributed by atoms with E-state index in [9.17, 15) is 0 Å². The maximum absolute atomic E-state index is 6.00. The van der Waals surface area contributed by atoms with E-state index in [2.05, 4.69) is 12.3 Å². The highest BCUT2D eigenvalue weighted by molar-refractivity contribution is 4.67. The molecule has 2 heteroatoms. The molecule has 0 heterocycles. The average Bonchev–Trinajstić information content (AvgIpc) is 1.72. The van der Waals surface area contributed by atoms with Crippen molar-refractivity contribution < 1.29 is 0 Å². The second-order valence-corrected chi connectivity index (χ2v) is 0.493. The van der Waals surface area contributed by atoms with E-state index >= 15 is 0 Å². The summed E-state index contributed by atoms with van der Waals surface area (Å²) >= 11 is 0. The molecule has 0 atom stereocenters. The lowest BCUT2D eigenvalue weighted by Crippen LogP contribution is -1.15. The minimum absolute atomic E-state index is 1.76. The molecule has 0 aromatic rings. The lowest BCUT2D eigenvalue weighted by atomic mass is 10.7. The van der Waals surface area contributed by atoms with Crippen molar-refractivity contribution in [2.75, 3.05) is 0 Å². The van der Waals surface area contributed by atoms with Gasteiger partial charge in [-0.25, -0.2) is 0 Å². The lowest BCUT2D eigenvalue weighted by molar-refractivity contribution is 1.15. The van der Waals surface area contributed by atoms with Crippen LogP contribution in [-0.4, -0.2) is 0 Å². The molecule has 0 rings (SSSR count). The first-order valence-electron chi connectivity index (χ1n) is 1.42. The Morgan fingerprint density at radius 1 is 1.67 bits per heavy atom. The summed E-state index contributed by atoms with van der Waals surface area (Å²) in [6, 6.07) is 0. The monoisotopic (exact) mass is 82.1 g/mol. The normalized spacial score (nSPS) is 3.17. The van der Waals surface area contributed by atoms with Crippen molar-refractivity contribution in [3.05, 3.63) is 18.4 Å². The number of rotatable bonds is 0. The Labute approximate surface area is 37.2 Å². The van der Waals surface area contributed by atoms with Gasteiger partial charge in [-0.2, -0.15) is 0 Å². The van der Waals surface area contributed by atoms with Gasteiger partial charge < -0.3 is 0 Å². The first-order chi connectivity index (χ1) is 2.91. The van der Waals surface area contributed by atoms with Crippen LogP contribution in [0.3, 0.4) is 0 Å². The van der Waals surface area contributed by atoms with Gasteiger partial charge in [-0.1, -0.05) is 6.58 Å². The highest BCUT2D eigenvalue weighted by Gasteiger charge is 1.24. The van der Waals surface area contributed by atoms with E-state index < -0.39 is 0 Å². The first-order valence-corrected chi connectivity index (χ1v) is 1.42. The summed E-state index contributed by atoms with van der Waals surface area (Å²) in [5.41, 5.74) is 2.56. The zero-order valence-corrected chi connectivity index (χ0v) is 3.68. The maximum Gasteiger partial charge on any atom is 0 e. The van der Waals surface area contributed by atoms with Crippen molar-refractivity contribution >= 4 is 0 Å². The van der Waals surface area contributed by atoms with Crippen LogP contribution < -0.4 is 0 Å². The van der Waals surface area contributed by atoms with Crippen LogP contribution >= 0.6 is 0 Å². The van der Waals surface area contributed by atoms with Crippen LogP contribution in [0.1, 0.15) is 6.92 Å². The van der Waals surface area contributed by atoms with Crippen LogP contribution in [0.15, 0.2) is 18.4 Å². The molecule has 0 aliphatic carbocycles. The molecule has 0 aromatic heterocycles. The van der Waals surface area contributed by atoms with Crippen molar-refractivity contribution in [3.63, 3.8) is 0 Å². The highest BCUT2D eigenvalue weighted by Crippen LogP contribution is 1.46. The molecule has 0 amide bonds. The van der Waals surface area contributed by atoms with Crippen LogP contribution in [0.4, 0.5) is 0 Å². The lowest BCUT2D eigenvalue weighted by Gasteiger charge is -1.37. The number of allylic oxidation sites excluding steroid dienone is 1. The fraction of sp³-hybridized carbons (Fsp3) is 0.250. The molecule has 0 spiro atoms. The smallest absolute Gasteiger partial charge is 0 e. The van der Waals surface area contributed by atoms with Crippen LogP contribution in [0.2, 0.25) is 0 Å². The molecule has 6 heavy (non-hydrogen) atoms. The SMILES string of the molecule is C=C=CC.N#N. The van der Waals surface area contributed by atoms with Gasteiger partial charge in [-0.05, 0) is 13.0 Å². The molecule has 0 fully saturated rings. The maximum atomic E-state index is 6.00. The molecule has 0 saturated carbocycles. The third-order valence-corrected chi connectivity index (χ3v) is 0.204. The molecule has 0 bridgehead atoms. The van der Waals surface area contributed by atoms with Crippen molar-refractivity contribution in [2.24, 2.45) is 0 Å². The van der Waals surface area contributed by atoms with E-state index in [1.807, 2.05) is 6.92 Å². The Morgan fingerprint density at radius 3 is 1.83 bits per heavy atom. The van der Waals surface area contributed by atoms with E-state index in [-0.39, 0.29) is 0 Å². The Kier molecular flexibility index (Phi) is 57.0. The molecule has 0 radical (unpaired) electrons. The second kappa shape index (κ2) is 38.5. The van der Waals surface area contributed by atoms with E-state index in [0.29, 0.717) is 0 Å². The van der Waals surface area contributed by atoms with Crippen molar-refractivity contribution in [1.82, 2.24) is 0 Å². The fourth-order valence-electron chi connectivity index (χ4n) is 0. The van der Waals surface area contributed by atoms with Gasteiger partial charge in [0.25, 0.3) is 0 Å². The van der Waals surface area contributed by atoms with Gasteiger partial charge in [0, 0.05) is 10.8 Å². The Balaban J connectivity index is 0. The third kappa shape index (κ3) is 3070. The molecule has 32 valence electrons. The summed E-state index contributed by atoms with van der Waals surface area (Å²) in [4.78, 5) is 0. The predicted molar refractivity (Wildman–Crippen MR) is 22.8 cm³/mol. The van der Waals surface area contributed by atoms with Gasteiger partial charge in [0.2, 0.25) is 0 Å². The van der Waals surface area contributed by atoms with Gasteiger partial charge in [-0.15, -0.1) is 5.73 Å². The molecule has 0 saturated heterocycles. The topological polar surface area (TPSA) is 47.6 Å². The zero-order valence-electron chi connectivity index (χ0n) is 3.68. The summed E-state index contributed by atoms with van der Waals surface area (Å²) in [5, 5.41) is 12.0. The van der Waals surface area contributed by atoms with Gasteiger partial charge in [0.05, 0.1) is 0 Å². The Morgan fingerprint density at radius 2 is 1.83 bits per heavy atom. The summed E-state index contributed by atoms with van der Waals surface area (Å²) < 4.78 is 0. The predicted octanol–water partition coefficient (Wildman–Crippen LogP) is 1.38. The molecule has 2 nitrogen and oxygen atoms in total.